The molecule has 0 bridgehead atoms. The minimum absolute atomic E-state index is 0.00208. The molecule has 22 heavy (non-hydrogen) atoms. The number of amides is 1. The molecule has 0 saturated carbocycles. The van der Waals surface area contributed by atoms with Crippen molar-refractivity contribution in [3.63, 3.8) is 0 Å². The smallest absolute Gasteiger partial charge is 0.279 e. The third-order valence-corrected chi connectivity index (χ3v) is 4.27. The first kappa shape index (κ1) is 16.6. The highest BCUT2D eigenvalue weighted by atomic mass is 16.5. The van der Waals surface area contributed by atoms with Crippen LogP contribution in [0.3, 0.4) is 0 Å². The molecule has 0 aliphatic carbocycles. The average molecular weight is 309 g/mol. The van der Waals surface area contributed by atoms with E-state index in [0.29, 0.717) is 23.7 Å². The fourth-order valence-corrected chi connectivity index (χ4v) is 2.87. The van der Waals surface area contributed by atoms with Gasteiger partial charge in [0.1, 0.15) is 43.4 Å². The maximum absolute atomic E-state index is 12.3. The minimum atomic E-state index is -0.00208. The number of carbonyl (C=O) groups excluding carboxylic acids is 1. The second-order valence-corrected chi connectivity index (χ2v) is 5.62. The predicted octanol–water partition coefficient (Wildman–Crippen LogP) is -1.55. The first-order chi connectivity index (χ1) is 10.7. The number of ether oxygens (including phenoxy) is 2. The molecule has 0 atom stereocenters. The summed E-state index contributed by atoms with van der Waals surface area (Å²) >= 11 is 0. The van der Waals surface area contributed by atoms with E-state index in [-0.39, 0.29) is 5.91 Å². The highest BCUT2D eigenvalue weighted by Gasteiger charge is 2.24. The lowest BCUT2D eigenvalue weighted by Crippen LogP contribution is -3.28. The third-order valence-electron chi connectivity index (χ3n) is 4.27. The van der Waals surface area contributed by atoms with Crippen molar-refractivity contribution in [3.05, 3.63) is 18.2 Å². The second-order valence-electron chi connectivity index (χ2n) is 5.62. The van der Waals surface area contributed by atoms with Crippen LogP contribution in [0.1, 0.15) is 6.92 Å². The average Bonchev–Trinajstić information content (AvgIpc) is 2.55. The van der Waals surface area contributed by atoms with Crippen LogP contribution >= 0.6 is 0 Å². The molecular weight excluding hydrogens is 282 g/mol. The minimum Gasteiger partial charge on any atom is -0.494 e. The lowest BCUT2D eigenvalue weighted by Gasteiger charge is -2.28. The summed E-state index contributed by atoms with van der Waals surface area (Å²) in [4.78, 5) is 15.3. The van der Waals surface area contributed by atoms with Crippen LogP contribution in [-0.2, 0) is 4.79 Å². The molecule has 1 aromatic carbocycles. The molecule has 1 saturated heterocycles. The van der Waals surface area contributed by atoms with Gasteiger partial charge in [-0.1, -0.05) is 6.07 Å². The van der Waals surface area contributed by atoms with E-state index in [1.54, 1.807) is 19.1 Å². The van der Waals surface area contributed by atoms with Gasteiger partial charge in [0, 0.05) is 0 Å². The molecule has 1 fully saturated rings. The normalized spacial score (nSPS) is 21.2. The zero-order chi connectivity index (χ0) is 15.9. The third kappa shape index (κ3) is 4.11. The van der Waals surface area contributed by atoms with Crippen molar-refractivity contribution < 1.29 is 24.1 Å². The fourth-order valence-electron chi connectivity index (χ4n) is 2.87. The number of quaternary nitrogens is 2. The predicted molar refractivity (Wildman–Crippen MR) is 85.0 cm³/mol. The van der Waals surface area contributed by atoms with Gasteiger partial charge in [0.2, 0.25) is 0 Å². The van der Waals surface area contributed by atoms with Crippen molar-refractivity contribution >= 4 is 11.6 Å². The summed E-state index contributed by atoms with van der Waals surface area (Å²) in [5.41, 5.74) is 0.606. The number of piperazine rings is 1. The standard InChI is InChI=1S/C16H25N3O3/c1-4-18-8-10-19(11-9-18)12-15(20)17-16-13(21-2)6-5-7-14(16)22-3/h5-7H,4,8-12H2,1-3H3,(H,17,20)/p+2. The van der Waals surface area contributed by atoms with Crippen LogP contribution in [-0.4, -0.2) is 59.4 Å². The van der Waals surface area contributed by atoms with E-state index >= 15 is 0 Å². The van der Waals surface area contributed by atoms with E-state index in [2.05, 4.69) is 12.2 Å². The van der Waals surface area contributed by atoms with Gasteiger partial charge in [-0.3, -0.25) is 4.79 Å². The summed E-state index contributed by atoms with van der Waals surface area (Å²) in [6.07, 6.45) is 0. The van der Waals surface area contributed by atoms with Crippen LogP contribution in [0.5, 0.6) is 11.5 Å². The second kappa shape index (κ2) is 8.00. The van der Waals surface area contributed by atoms with E-state index in [0.717, 1.165) is 32.7 Å². The van der Waals surface area contributed by atoms with E-state index in [1.165, 1.54) is 4.90 Å². The van der Waals surface area contributed by atoms with Gasteiger partial charge in [-0.25, -0.2) is 0 Å². The fraction of sp³-hybridized carbons (Fsp3) is 0.562. The summed E-state index contributed by atoms with van der Waals surface area (Å²) in [6.45, 7) is 8.21. The summed E-state index contributed by atoms with van der Waals surface area (Å²) < 4.78 is 10.6. The van der Waals surface area contributed by atoms with E-state index in [4.69, 9.17) is 9.47 Å². The van der Waals surface area contributed by atoms with Gasteiger partial charge in [-0.15, -0.1) is 0 Å². The number of anilines is 1. The Hall–Kier alpha value is -1.79. The molecule has 0 aromatic heterocycles. The topological polar surface area (TPSA) is 56.4 Å². The number of rotatable bonds is 6. The molecule has 0 radical (unpaired) electrons. The molecule has 1 amide bonds. The molecule has 6 heteroatoms. The van der Waals surface area contributed by atoms with Crippen LogP contribution in [0.4, 0.5) is 5.69 Å². The first-order valence-corrected chi connectivity index (χ1v) is 7.85. The summed E-state index contributed by atoms with van der Waals surface area (Å²) in [6, 6.07) is 5.47. The SMILES string of the molecule is CC[NH+]1CC[NH+](CC(=O)Nc2c(OC)cccc2OC)CC1. The lowest BCUT2D eigenvalue weighted by atomic mass is 10.2. The quantitative estimate of drug-likeness (QED) is 0.596. The molecule has 6 nitrogen and oxygen atoms in total. The maximum atomic E-state index is 12.3. The van der Waals surface area contributed by atoms with Crippen molar-refractivity contribution in [3.8, 4) is 11.5 Å². The highest BCUT2D eigenvalue weighted by Crippen LogP contribution is 2.33. The summed E-state index contributed by atoms with van der Waals surface area (Å²) in [5, 5.41) is 2.94. The van der Waals surface area contributed by atoms with Crippen LogP contribution in [0.15, 0.2) is 18.2 Å². The Morgan fingerprint density at radius 1 is 1.09 bits per heavy atom. The van der Waals surface area contributed by atoms with Gasteiger partial charge < -0.3 is 24.6 Å². The number of hydrogen-bond acceptors (Lipinski definition) is 3. The Bertz CT molecular complexity index is 477. The van der Waals surface area contributed by atoms with Gasteiger partial charge in [-0.2, -0.15) is 0 Å². The molecule has 2 rings (SSSR count). The molecule has 1 aliphatic heterocycles. The molecule has 0 spiro atoms. The van der Waals surface area contributed by atoms with Crippen molar-refractivity contribution in [2.45, 2.75) is 6.92 Å². The van der Waals surface area contributed by atoms with Crippen molar-refractivity contribution in [2.75, 3.05) is 58.8 Å². The number of carbonyl (C=O) groups is 1. The molecule has 1 aliphatic rings. The highest BCUT2D eigenvalue weighted by molar-refractivity contribution is 5.94. The van der Waals surface area contributed by atoms with Gasteiger partial charge in [-0.05, 0) is 19.1 Å². The molecule has 1 heterocycles. The number of benzene rings is 1. The summed E-state index contributed by atoms with van der Waals surface area (Å²) in [7, 11) is 3.17. The zero-order valence-electron chi connectivity index (χ0n) is 13.7. The Morgan fingerprint density at radius 2 is 1.64 bits per heavy atom. The largest absolute Gasteiger partial charge is 0.494 e. The van der Waals surface area contributed by atoms with Crippen molar-refractivity contribution in [1.29, 1.82) is 0 Å². The number of hydrogen-bond donors (Lipinski definition) is 3. The van der Waals surface area contributed by atoms with Gasteiger partial charge >= 0.3 is 0 Å². The monoisotopic (exact) mass is 309 g/mol. The van der Waals surface area contributed by atoms with E-state index in [1.807, 2.05) is 18.2 Å². The number of likely N-dealkylation sites (N-methyl/N-ethyl adjacent to an activating group) is 1. The molecular formula is C16H27N3O3+2. The Labute approximate surface area is 132 Å². The van der Waals surface area contributed by atoms with Gasteiger partial charge in [0.15, 0.2) is 6.54 Å². The first-order valence-electron chi connectivity index (χ1n) is 7.85. The van der Waals surface area contributed by atoms with E-state index < -0.39 is 0 Å². The van der Waals surface area contributed by atoms with Crippen molar-refractivity contribution in [1.82, 2.24) is 0 Å². The Kier molecular flexibility index (Phi) is 6.03. The van der Waals surface area contributed by atoms with Crippen molar-refractivity contribution in [2.24, 2.45) is 0 Å². The Morgan fingerprint density at radius 3 is 2.14 bits per heavy atom. The number of para-hydroxylation sites is 1. The van der Waals surface area contributed by atoms with Gasteiger partial charge in [0.05, 0.1) is 20.8 Å². The van der Waals surface area contributed by atoms with Crippen LogP contribution in [0, 0.1) is 0 Å². The molecule has 122 valence electrons. The molecule has 1 aromatic rings. The molecule has 3 N–H and O–H groups in total. The van der Waals surface area contributed by atoms with E-state index in [9.17, 15) is 4.79 Å². The van der Waals surface area contributed by atoms with Crippen LogP contribution in [0.2, 0.25) is 0 Å². The van der Waals surface area contributed by atoms with Gasteiger partial charge in [0.25, 0.3) is 5.91 Å². The maximum Gasteiger partial charge on any atom is 0.279 e. The zero-order valence-corrected chi connectivity index (χ0v) is 13.7. The summed E-state index contributed by atoms with van der Waals surface area (Å²) in [5.74, 6) is 1.23. The Balaban J connectivity index is 1.95. The number of methoxy groups -OCH3 is 2. The lowest BCUT2D eigenvalue weighted by molar-refractivity contribution is -1.01. The number of nitrogens with one attached hydrogen (secondary N) is 3. The molecule has 0 unspecified atom stereocenters. The van der Waals surface area contributed by atoms with Crippen LogP contribution in [0.25, 0.3) is 0 Å². The van der Waals surface area contributed by atoms with Crippen LogP contribution < -0.4 is 24.6 Å².